The van der Waals surface area contributed by atoms with Crippen LogP contribution >= 0.6 is 12.8 Å². The van der Waals surface area contributed by atoms with Gasteiger partial charge in [0, 0.05) is 13.1 Å². The lowest BCUT2D eigenvalue weighted by atomic mass is 9.89. The van der Waals surface area contributed by atoms with Gasteiger partial charge in [-0.25, -0.2) is 0 Å². The Kier molecular flexibility index (Phi) is 2.02. The highest BCUT2D eigenvalue weighted by molar-refractivity contribution is 7.77. The third-order valence-corrected chi connectivity index (χ3v) is 3.10. The van der Waals surface area contributed by atoms with Crippen LogP contribution in [0.2, 0.25) is 0 Å². The van der Waals surface area contributed by atoms with Crippen LogP contribution in [0.15, 0.2) is 0 Å². The molecule has 0 radical (unpaired) electrons. The van der Waals surface area contributed by atoms with Crippen molar-refractivity contribution in [3.05, 3.63) is 0 Å². The van der Waals surface area contributed by atoms with Gasteiger partial charge in [0.15, 0.2) is 0 Å². The fourth-order valence-corrected chi connectivity index (χ4v) is 2.02. The highest BCUT2D eigenvalue weighted by Gasteiger charge is 2.43. The summed E-state index contributed by atoms with van der Waals surface area (Å²) in [5, 5.41) is 6.02. The van der Waals surface area contributed by atoms with Crippen LogP contribution in [0.3, 0.4) is 0 Å². The predicted octanol–water partition coefficient (Wildman–Crippen LogP) is -0.657. The van der Waals surface area contributed by atoms with E-state index < -0.39 is 0 Å². The van der Waals surface area contributed by atoms with Crippen LogP contribution < -0.4 is 10.6 Å². The number of carbonyl (C=O) groups is 1. The summed E-state index contributed by atoms with van der Waals surface area (Å²) in [6.07, 6.45) is 1.73. The number of rotatable bonds is 0. The van der Waals surface area contributed by atoms with Crippen molar-refractivity contribution in [1.29, 1.82) is 0 Å². The predicted molar refractivity (Wildman–Crippen MR) is 48.7 cm³/mol. The van der Waals surface area contributed by atoms with Crippen molar-refractivity contribution in [3.8, 4) is 0 Å². The van der Waals surface area contributed by atoms with E-state index in [1.807, 2.05) is 4.31 Å². The van der Waals surface area contributed by atoms with Crippen LogP contribution in [0.5, 0.6) is 0 Å². The maximum Gasteiger partial charge on any atom is 0.241 e. The molecule has 2 fully saturated rings. The number of thiol groups is 1. The average Bonchev–Trinajstić information content (AvgIpc) is 2.41. The molecule has 0 bridgehead atoms. The maximum atomic E-state index is 11.4. The van der Waals surface area contributed by atoms with Gasteiger partial charge in [-0.15, -0.1) is 0 Å². The summed E-state index contributed by atoms with van der Waals surface area (Å²) in [4.78, 5) is 11.4. The molecule has 5 heteroatoms. The molecule has 2 rings (SSSR count). The maximum absolute atomic E-state index is 11.4. The van der Waals surface area contributed by atoms with Gasteiger partial charge in [-0.3, -0.25) is 14.4 Å². The molecule has 0 unspecified atom stereocenters. The number of amides is 1. The Morgan fingerprint density at radius 2 is 2.08 bits per heavy atom. The van der Waals surface area contributed by atoms with Crippen molar-refractivity contribution in [1.82, 2.24) is 14.9 Å². The molecule has 1 spiro atoms. The summed E-state index contributed by atoms with van der Waals surface area (Å²) in [7, 11) is 0. The zero-order valence-electron chi connectivity index (χ0n) is 6.84. The summed E-state index contributed by atoms with van der Waals surface area (Å²) in [6, 6.07) is 0. The lowest BCUT2D eigenvalue weighted by Gasteiger charge is -2.34. The molecule has 2 aliphatic rings. The van der Waals surface area contributed by atoms with E-state index in [1.165, 1.54) is 0 Å². The number of nitrogens with one attached hydrogen (secondary N) is 2. The van der Waals surface area contributed by atoms with Crippen LogP contribution in [-0.4, -0.2) is 35.5 Å². The molecular formula is C7H13N3OS. The Hall–Kier alpha value is -0.260. The van der Waals surface area contributed by atoms with E-state index in [4.69, 9.17) is 0 Å². The van der Waals surface area contributed by atoms with Gasteiger partial charge in [-0.05, 0) is 12.8 Å². The van der Waals surface area contributed by atoms with E-state index in [-0.39, 0.29) is 11.4 Å². The summed E-state index contributed by atoms with van der Waals surface area (Å²) in [5.74, 6) is 0.156. The summed E-state index contributed by atoms with van der Waals surface area (Å²) in [6.45, 7) is 2.37. The molecule has 0 aliphatic carbocycles. The third kappa shape index (κ3) is 1.22. The van der Waals surface area contributed by atoms with E-state index >= 15 is 0 Å². The zero-order chi connectivity index (χ0) is 8.60. The van der Waals surface area contributed by atoms with Crippen molar-refractivity contribution in [2.75, 3.05) is 19.8 Å². The Balaban J connectivity index is 2.07. The molecule has 4 nitrogen and oxygen atoms in total. The van der Waals surface area contributed by atoms with E-state index in [0.717, 1.165) is 25.9 Å². The quantitative estimate of drug-likeness (QED) is 0.441. The van der Waals surface area contributed by atoms with E-state index in [9.17, 15) is 4.79 Å². The van der Waals surface area contributed by atoms with Gasteiger partial charge in [0.05, 0.1) is 6.67 Å². The molecule has 1 amide bonds. The van der Waals surface area contributed by atoms with Crippen molar-refractivity contribution in [2.24, 2.45) is 0 Å². The fourth-order valence-electron chi connectivity index (χ4n) is 1.82. The number of hydrogen-bond donors (Lipinski definition) is 3. The van der Waals surface area contributed by atoms with Crippen LogP contribution in [-0.2, 0) is 4.79 Å². The van der Waals surface area contributed by atoms with Crippen LogP contribution in [0, 0.1) is 0 Å². The summed E-state index contributed by atoms with van der Waals surface area (Å²) < 4.78 is 1.96. The molecule has 0 aromatic heterocycles. The first-order chi connectivity index (χ1) is 5.73. The second kappa shape index (κ2) is 2.90. The summed E-state index contributed by atoms with van der Waals surface area (Å²) in [5.41, 5.74) is -0.279. The smallest absolute Gasteiger partial charge is 0.241 e. The fraction of sp³-hybridized carbons (Fsp3) is 0.857. The molecule has 12 heavy (non-hydrogen) atoms. The van der Waals surface area contributed by atoms with Gasteiger partial charge >= 0.3 is 0 Å². The van der Waals surface area contributed by atoms with Gasteiger partial charge in [-0.1, -0.05) is 12.8 Å². The van der Waals surface area contributed by atoms with Gasteiger partial charge in [0.1, 0.15) is 5.54 Å². The Morgan fingerprint density at radius 3 is 2.58 bits per heavy atom. The molecule has 2 heterocycles. The van der Waals surface area contributed by atoms with Crippen molar-refractivity contribution in [2.45, 2.75) is 18.4 Å². The minimum atomic E-state index is -0.279. The number of carbonyl (C=O) groups excluding carboxylic acids is 1. The molecule has 0 saturated carbocycles. The molecular weight excluding hydrogens is 174 g/mol. The van der Waals surface area contributed by atoms with Crippen molar-refractivity contribution < 1.29 is 4.79 Å². The van der Waals surface area contributed by atoms with Gasteiger partial charge in [0.25, 0.3) is 0 Å². The second-order valence-electron chi connectivity index (χ2n) is 3.40. The van der Waals surface area contributed by atoms with Crippen molar-refractivity contribution >= 4 is 18.7 Å². The molecule has 0 aromatic rings. The van der Waals surface area contributed by atoms with E-state index in [0.29, 0.717) is 6.67 Å². The lowest BCUT2D eigenvalue weighted by molar-refractivity contribution is -0.125. The first-order valence-electron chi connectivity index (χ1n) is 4.20. The molecule has 2 N–H and O–H groups in total. The monoisotopic (exact) mass is 187 g/mol. The standard InChI is InChI=1S/C7H13N3OS/c11-6-7(9-5-8-6)1-3-10(12)4-2-7/h9,12H,1-5H2,(H,8,11). The van der Waals surface area contributed by atoms with Gasteiger partial charge in [-0.2, -0.15) is 0 Å². The molecule has 68 valence electrons. The highest BCUT2D eigenvalue weighted by Crippen LogP contribution is 2.25. The topological polar surface area (TPSA) is 44.4 Å². The first-order valence-corrected chi connectivity index (χ1v) is 4.60. The van der Waals surface area contributed by atoms with Crippen molar-refractivity contribution in [3.63, 3.8) is 0 Å². The van der Waals surface area contributed by atoms with E-state index in [2.05, 4.69) is 23.4 Å². The Bertz CT molecular complexity index is 201. The molecule has 0 atom stereocenters. The zero-order valence-corrected chi connectivity index (χ0v) is 7.73. The average molecular weight is 187 g/mol. The van der Waals surface area contributed by atoms with Gasteiger partial charge < -0.3 is 5.32 Å². The Morgan fingerprint density at radius 1 is 1.42 bits per heavy atom. The largest absolute Gasteiger partial charge is 0.342 e. The minimum Gasteiger partial charge on any atom is -0.342 e. The third-order valence-electron chi connectivity index (χ3n) is 2.70. The normalized spacial score (nSPS) is 29.2. The van der Waals surface area contributed by atoms with Gasteiger partial charge in [0.2, 0.25) is 5.91 Å². The van der Waals surface area contributed by atoms with Crippen LogP contribution in [0.1, 0.15) is 12.8 Å². The molecule has 2 aliphatic heterocycles. The molecule has 2 saturated heterocycles. The number of piperidine rings is 1. The lowest BCUT2D eigenvalue weighted by Crippen LogP contribution is -2.52. The minimum absolute atomic E-state index is 0.156. The Labute approximate surface area is 77.2 Å². The number of hydrogen-bond acceptors (Lipinski definition) is 4. The number of nitrogens with zero attached hydrogens (tertiary/aromatic N) is 1. The second-order valence-corrected chi connectivity index (χ2v) is 3.96. The SMILES string of the molecule is O=C1NCNC12CCN(S)CC2. The summed E-state index contributed by atoms with van der Waals surface area (Å²) >= 11 is 4.24. The van der Waals surface area contributed by atoms with Crippen LogP contribution in [0.25, 0.3) is 0 Å². The first kappa shape index (κ1) is 8.34. The van der Waals surface area contributed by atoms with Crippen LogP contribution in [0.4, 0.5) is 0 Å². The van der Waals surface area contributed by atoms with E-state index in [1.54, 1.807) is 0 Å². The molecule has 0 aromatic carbocycles. The highest BCUT2D eigenvalue weighted by atomic mass is 32.1.